The van der Waals surface area contributed by atoms with E-state index in [1.54, 1.807) is 0 Å². The van der Waals surface area contributed by atoms with Crippen LogP contribution in [0.25, 0.3) is 0 Å². The van der Waals surface area contributed by atoms with Crippen LogP contribution in [-0.2, 0) is 11.3 Å². The fourth-order valence-corrected chi connectivity index (χ4v) is 1.97. The van der Waals surface area contributed by atoms with E-state index in [9.17, 15) is 4.79 Å². The molecule has 0 aliphatic rings. The molecule has 1 amide bonds. The van der Waals surface area contributed by atoms with Gasteiger partial charge in [0.15, 0.2) is 0 Å². The summed E-state index contributed by atoms with van der Waals surface area (Å²) in [6, 6.07) is 1.65. The molecule has 0 saturated heterocycles. The van der Waals surface area contributed by atoms with Crippen molar-refractivity contribution in [3.8, 4) is 0 Å². The smallest absolute Gasteiger partial charge is 0.237 e. The highest BCUT2D eigenvalue weighted by Gasteiger charge is 2.18. The first-order valence-corrected chi connectivity index (χ1v) is 7.00. The number of carbonyl (C=O) groups is 1. The van der Waals surface area contributed by atoms with Gasteiger partial charge in [0, 0.05) is 18.8 Å². The Labute approximate surface area is 115 Å². The zero-order chi connectivity index (χ0) is 14.4. The quantitative estimate of drug-likeness (QED) is 0.732. The summed E-state index contributed by atoms with van der Waals surface area (Å²) in [6.45, 7) is 9.52. The molecule has 19 heavy (non-hydrogen) atoms. The summed E-state index contributed by atoms with van der Waals surface area (Å²) in [5, 5.41) is 7.27. The highest BCUT2D eigenvalue weighted by molar-refractivity contribution is 5.81. The van der Waals surface area contributed by atoms with Gasteiger partial charge in [-0.15, -0.1) is 0 Å². The van der Waals surface area contributed by atoms with Crippen LogP contribution in [0.2, 0.25) is 0 Å². The maximum Gasteiger partial charge on any atom is 0.237 e. The number of amides is 1. The van der Waals surface area contributed by atoms with Crippen molar-refractivity contribution in [1.82, 2.24) is 15.1 Å². The molecular weight excluding hydrogens is 240 g/mol. The van der Waals surface area contributed by atoms with E-state index in [-0.39, 0.29) is 11.8 Å². The summed E-state index contributed by atoms with van der Waals surface area (Å²) in [5.41, 5.74) is 8.04. The van der Waals surface area contributed by atoms with E-state index in [0.29, 0.717) is 6.54 Å². The van der Waals surface area contributed by atoms with Crippen molar-refractivity contribution in [3.63, 3.8) is 0 Å². The van der Waals surface area contributed by atoms with Crippen molar-refractivity contribution in [1.29, 1.82) is 0 Å². The molecule has 5 heteroatoms. The number of nitrogens with two attached hydrogens (primary N) is 1. The Balaban J connectivity index is 2.27. The van der Waals surface area contributed by atoms with Crippen LogP contribution in [0.3, 0.4) is 0 Å². The first-order valence-electron chi connectivity index (χ1n) is 7.00. The molecule has 1 rings (SSSR count). The normalized spacial score (nSPS) is 14.2. The van der Waals surface area contributed by atoms with Crippen LogP contribution in [0.5, 0.6) is 0 Å². The van der Waals surface area contributed by atoms with E-state index >= 15 is 0 Å². The number of carbonyl (C=O) groups excluding carboxylic acids is 1. The molecule has 0 saturated carbocycles. The van der Waals surface area contributed by atoms with Gasteiger partial charge < -0.3 is 11.1 Å². The number of hydrogen-bond acceptors (Lipinski definition) is 3. The average Bonchev–Trinajstić information content (AvgIpc) is 2.70. The van der Waals surface area contributed by atoms with E-state index in [1.807, 2.05) is 32.4 Å². The Kier molecular flexibility index (Phi) is 6.02. The van der Waals surface area contributed by atoms with E-state index in [1.165, 1.54) is 0 Å². The van der Waals surface area contributed by atoms with Gasteiger partial charge in [-0.25, -0.2) is 0 Å². The van der Waals surface area contributed by atoms with Gasteiger partial charge in [0.05, 0.1) is 11.7 Å². The molecule has 2 unspecified atom stereocenters. The summed E-state index contributed by atoms with van der Waals surface area (Å²) in [5.74, 6) is 0.165. The second-order valence-electron chi connectivity index (χ2n) is 5.21. The SMILES string of the molecule is CCC(C)C(N)C(=O)NCCCn1nc(C)cc1C. The summed E-state index contributed by atoms with van der Waals surface area (Å²) in [4.78, 5) is 11.8. The first-order chi connectivity index (χ1) is 8.95. The monoisotopic (exact) mass is 266 g/mol. The largest absolute Gasteiger partial charge is 0.355 e. The summed E-state index contributed by atoms with van der Waals surface area (Å²) >= 11 is 0. The minimum Gasteiger partial charge on any atom is -0.355 e. The van der Waals surface area contributed by atoms with Crippen molar-refractivity contribution in [2.24, 2.45) is 11.7 Å². The maximum atomic E-state index is 11.8. The lowest BCUT2D eigenvalue weighted by atomic mass is 9.99. The van der Waals surface area contributed by atoms with Crippen LogP contribution in [0, 0.1) is 19.8 Å². The topological polar surface area (TPSA) is 72.9 Å². The van der Waals surface area contributed by atoms with Gasteiger partial charge in [0.25, 0.3) is 0 Å². The molecule has 0 fully saturated rings. The Bertz CT molecular complexity index is 414. The molecule has 1 aromatic heterocycles. The number of nitrogens with one attached hydrogen (secondary N) is 1. The molecular formula is C14H26N4O. The molecule has 2 atom stereocenters. The van der Waals surface area contributed by atoms with Crippen molar-refractivity contribution in [2.45, 2.75) is 53.1 Å². The van der Waals surface area contributed by atoms with Crippen LogP contribution in [0.4, 0.5) is 0 Å². The molecule has 0 spiro atoms. The predicted octanol–water partition coefficient (Wildman–Crippen LogP) is 1.38. The van der Waals surface area contributed by atoms with E-state index < -0.39 is 6.04 Å². The van der Waals surface area contributed by atoms with E-state index in [4.69, 9.17) is 5.73 Å². The summed E-state index contributed by atoms with van der Waals surface area (Å²) in [6.07, 6.45) is 1.78. The zero-order valence-corrected chi connectivity index (χ0v) is 12.4. The standard InChI is InChI=1S/C14H26N4O/c1-5-10(2)13(15)14(19)16-7-6-8-18-12(4)9-11(3)17-18/h9-10,13H,5-8,15H2,1-4H3,(H,16,19). The molecule has 1 aromatic rings. The Morgan fingerprint density at radius 2 is 2.21 bits per heavy atom. The molecule has 0 radical (unpaired) electrons. The van der Waals surface area contributed by atoms with Crippen LogP contribution < -0.4 is 11.1 Å². The van der Waals surface area contributed by atoms with Gasteiger partial charge in [-0.05, 0) is 32.3 Å². The molecule has 0 aliphatic carbocycles. The summed E-state index contributed by atoms with van der Waals surface area (Å²) < 4.78 is 1.97. The molecule has 5 nitrogen and oxygen atoms in total. The molecule has 0 bridgehead atoms. The van der Waals surface area contributed by atoms with E-state index in [0.717, 1.165) is 30.8 Å². The van der Waals surface area contributed by atoms with Crippen molar-refractivity contribution >= 4 is 5.91 Å². The molecule has 0 aliphatic heterocycles. The minimum absolute atomic E-state index is 0.0530. The molecule has 108 valence electrons. The lowest BCUT2D eigenvalue weighted by molar-refractivity contribution is -0.123. The number of aryl methyl sites for hydroxylation is 3. The lowest BCUT2D eigenvalue weighted by Crippen LogP contribution is -2.44. The average molecular weight is 266 g/mol. The molecule has 1 heterocycles. The summed E-state index contributed by atoms with van der Waals surface area (Å²) in [7, 11) is 0. The number of hydrogen-bond donors (Lipinski definition) is 2. The zero-order valence-electron chi connectivity index (χ0n) is 12.4. The predicted molar refractivity (Wildman–Crippen MR) is 76.8 cm³/mol. The Morgan fingerprint density at radius 1 is 1.53 bits per heavy atom. The minimum atomic E-state index is -0.404. The highest BCUT2D eigenvalue weighted by Crippen LogP contribution is 2.05. The highest BCUT2D eigenvalue weighted by atomic mass is 16.2. The fraction of sp³-hybridized carbons (Fsp3) is 0.714. The van der Waals surface area contributed by atoms with Gasteiger partial charge >= 0.3 is 0 Å². The number of rotatable bonds is 7. The van der Waals surface area contributed by atoms with Gasteiger partial charge in [-0.3, -0.25) is 9.48 Å². The second kappa shape index (κ2) is 7.28. The first kappa shape index (κ1) is 15.7. The third kappa shape index (κ3) is 4.67. The van der Waals surface area contributed by atoms with Gasteiger partial charge in [0.2, 0.25) is 5.91 Å². The molecule has 3 N–H and O–H groups in total. The van der Waals surface area contributed by atoms with Crippen molar-refractivity contribution in [2.75, 3.05) is 6.54 Å². The Hall–Kier alpha value is -1.36. The van der Waals surface area contributed by atoms with Crippen LogP contribution in [0.1, 0.15) is 38.1 Å². The van der Waals surface area contributed by atoms with Crippen LogP contribution in [-0.4, -0.2) is 28.3 Å². The van der Waals surface area contributed by atoms with Crippen LogP contribution >= 0.6 is 0 Å². The third-order valence-electron chi connectivity index (χ3n) is 3.51. The van der Waals surface area contributed by atoms with Crippen molar-refractivity contribution < 1.29 is 4.79 Å². The van der Waals surface area contributed by atoms with Crippen molar-refractivity contribution in [3.05, 3.63) is 17.5 Å². The Morgan fingerprint density at radius 3 is 2.74 bits per heavy atom. The van der Waals surface area contributed by atoms with Gasteiger partial charge in [-0.1, -0.05) is 20.3 Å². The third-order valence-corrected chi connectivity index (χ3v) is 3.51. The van der Waals surface area contributed by atoms with E-state index in [2.05, 4.69) is 16.5 Å². The van der Waals surface area contributed by atoms with Crippen LogP contribution in [0.15, 0.2) is 6.07 Å². The maximum absolute atomic E-state index is 11.8. The number of nitrogens with zero attached hydrogens (tertiary/aromatic N) is 2. The fourth-order valence-electron chi connectivity index (χ4n) is 1.97. The van der Waals surface area contributed by atoms with Gasteiger partial charge in [0.1, 0.15) is 0 Å². The lowest BCUT2D eigenvalue weighted by Gasteiger charge is -2.17. The second-order valence-corrected chi connectivity index (χ2v) is 5.21. The molecule has 0 aromatic carbocycles. The number of aromatic nitrogens is 2. The van der Waals surface area contributed by atoms with Gasteiger partial charge in [-0.2, -0.15) is 5.10 Å².